The SMILES string of the molecule is COc1c2c(c(O)c3c1C(=O)c1c(cc(O)c(C)c1O)C3=O)-c1c(cc3cnn(CCN(C)C)c(=O)c3c1O)CC2. The van der Waals surface area contributed by atoms with Gasteiger partial charge in [-0.15, -0.1) is 0 Å². The summed E-state index contributed by atoms with van der Waals surface area (Å²) in [5.41, 5.74) is -0.357. The Bertz CT molecular complexity index is 1920. The lowest BCUT2D eigenvalue weighted by molar-refractivity contribution is 0.0971. The third-order valence-corrected chi connectivity index (χ3v) is 8.03. The topological polar surface area (TPSA) is 162 Å². The molecule has 0 atom stereocenters. The minimum Gasteiger partial charge on any atom is -0.508 e. The Morgan fingerprint density at radius 3 is 2.32 bits per heavy atom. The molecule has 4 N–H and O–H groups in total. The lowest BCUT2D eigenvalue weighted by atomic mass is 9.75. The van der Waals surface area contributed by atoms with Crippen LogP contribution in [0, 0.1) is 6.92 Å². The molecule has 2 aliphatic rings. The number of carbonyl (C=O) groups is 2. The Labute approximate surface area is 233 Å². The van der Waals surface area contributed by atoms with Crippen LogP contribution in [0.1, 0.15) is 48.5 Å². The molecule has 11 nitrogen and oxygen atoms in total. The van der Waals surface area contributed by atoms with Gasteiger partial charge in [-0.05, 0) is 51.6 Å². The number of aromatic hydroxyl groups is 4. The number of hydrogen-bond donors (Lipinski definition) is 4. The van der Waals surface area contributed by atoms with Crippen LogP contribution in [0.3, 0.4) is 0 Å². The molecule has 0 saturated heterocycles. The molecule has 0 fully saturated rings. The highest BCUT2D eigenvalue weighted by Crippen LogP contribution is 2.54. The first kappa shape index (κ1) is 26.3. The number of benzene rings is 3. The highest BCUT2D eigenvalue weighted by molar-refractivity contribution is 6.32. The monoisotopic (exact) mass is 557 g/mol. The number of methoxy groups -OCH3 is 1. The summed E-state index contributed by atoms with van der Waals surface area (Å²) < 4.78 is 6.91. The second-order valence-corrected chi connectivity index (χ2v) is 10.6. The quantitative estimate of drug-likeness (QED) is 0.258. The summed E-state index contributed by atoms with van der Waals surface area (Å²) in [5, 5.41) is 48.9. The normalized spacial score (nSPS) is 13.7. The summed E-state index contributed by atoms with van der Waals surface area (Å²) in [6.45, 7) is 2.24. The fourth-order valence-electron chi connectivity index (χ4n) is 5.93. The van der Waals surface area contributed by atoms with E-state index in [0.29, 0.717) is 35.9 Å². The number of fused-ring (bicyclic) bond motifs is 6. The van der Waals surface area contributed by atoms with Gasteiger partial charge in [0.25, 0.3) is 5.56 Å². The van der Waals surface area contributed by atoms with Crippen LogP contribution in [0.5, 0.6) is 28.7 Å². The van der Waals surface area contributed by atoms with Crippen LogP contribution in [-0.2, 0) is 19.4 Å². The van der Waals surface area contributed by atoms with Gasteiger partial charge in [0.1, 0.15) is 28.7 Å². The molecule has 2 aliphatic carbocycles. The maximum Gasteiger partial charge on any atom is 0.278 e. The summed E-state index contributed by atoms with van der Waals surface area (Å²) >= 11 is 0. The average Bonchev–Trinajstić information content (AvgIpc) is 2.93. The number of aryl methyl sites for hydroxylation is 1. The van der Waals surface area contributed by atoms with Crippen LogP contribution in [0.4, 0.5) is 0 Å². The van der Waals surface area contributed by atoms with Crippen molar-refractivity contribution in [2.45, 2.75) is 26.3 Å². The first-order chi connectivity index (χ1) is 19.5. The van der Waals surface area contributed by atoms with Crippen LogP contribution in [0.2, 0.25) is 0 Å². The zero-order chi connectivity index (χ0) is 29.5. The van der Waals surface area contributed by atoms with Gasteiger partial charge in [-0.3, -0.25) is 14.4 Å². The molecule has 6 rings (SSSR count). The molecular formula is C30H27N3O8. The number of hydrogen-bond acceptors (Lipinski definition) is 10. The van der Waals surface area contributed by atoms with Crippen molar-refractivity contribution in [1.82, 2.24) is 14.7 Å². The van der Waals surface area contributed by atoms with Crippen LogP contribution in [0.15, 0.2) is 23.1 Å². The summed E-state index contributed by atoms with van der Waals surface area (Å²) in [4.78, 5) is 42.8. The van der Waals surface area contributed by atoms with E-state index in [0.717, 1.165) is 6.07 Å². The average molecular weight is 558 g/mol. The van der Waals surface area contributed by atoms with Crippen LogP contribution in [-0.4, -0.2) is 74.4 Å². The zero-order valence-electron chi connectivity index (χ0n) is 22.8. The molecule has 1 heterocycles. The van der Waals surface area contributed by atoms with Gasteiger partial charge in [-0.2, -0.15) is 5.10 Å². The van der Waals surface area contributed by atoms with Crippen molar-refractivity contribution in [2.75, 3.05) is 27.7 Å². The van der Waals surface area contributed by atoms with E-state index < -0.39 is 28.6 Å². The summed E-state index contributed by atoms with van der Waals surface area (Å²) in [6.07, 6.45) is 2.18. The Kier molecular flexibility index (Phi) is 5.82. The smallest absolute Gasteiger partial charge is 0.278 e. The first-order valence-corrected chi connectivity index (χ1v) is 13.0. The number of phenols is 4. The van der Waals surface area contributed by atoms with Crippen molar-refractivity contribution in [3.05, 3.63) is 67.6 Å². The number of phenolic OH excluding ortho intramolecular Hbond substituents is 4. The lowest BCUT2D eigenvalue weighted by Gasteiger charge is -2.29. The maximum atomic E-state index is 13.8. The molecule has 0 aliphatic heterocycles. The number of rotatable bonds is 4. The van der Waals surface area contributed by atoms with Crippen LogP contribution >= 0.6 is 0 Å². The van der Waals surface area contributed by atoms with Crippen molar-refractivity contribution >= 4 is 22.3 Å². The van der Waals surface area contributed by atoms with Crippen molar-refractivity contribution in [3.8, 4) is 39.9 Å². The minimum atomic E-state index is -0.804. The highest BCUT2D eigenvalue weighted by atomic mass is 16.5. The first-order valence-electron chi connectivity index (χ1n) is 13.0. The van der Waals surface area contributed by atoms with Gasteiger partial charge in [0, 0.05) is 39.7 Å². The lowest BCUT2D eigenvalue weighted by Crippen LogP contribution is -2.28. The third kappa shape index (κ3) is 3.55. The number of likely N-dealkylation sites (N-methyl/N-ethyl adjacent to an activating group) is 1. The third-order valence-electron chi connectivity index (χ3n) is 8.03. The molecule has 0 unspecified atom stereocenters. The second-order valence-electron chi connectivity index (χ2n) is 10.6. The van der Waals surface area contributed by atoms with E-state index in [-0.39, 0.29) is 68.1 Å². The fraction of sp³-hybridized carbons (Fsp3) is 0.267. The predicted molar refractivity (Wildman–Crippen MR) is 149 cm³/mol. The number of carbonyl (C=O) groups excluding carboxylic acids is 2. The highest BCUT2D eigenvalue weighted by Gasteiger charge is 2.42. The summed E-state index contributed by atoms with van der Waals surface area (Å²) in [6, 6.07) is 2.81. The van der Waals surface area contributed by atoms with Crippen molar-refractivity contribution in [2.24, 2.45) is 0 Å². The van der Waals surface area contributed by atoms with Crippen molar-refractivity contribution < 1.29 is 34.8 Å². The Hall–Kier alpha value is -4.90. The van der Waals surface area contributed by atoms with E-state index in [4.69, 9.17) is 4.74 Å². The van der Waals surface area contributed by atoms with E-state index in [1.165, 1.54) is 24.9 Å². The molecule has 0 radical (unpaired) electrons. The standard InChI is InChI=1S/C30H27N3O8/c1-12-17(34)10-16-21(24(12)35)28(39)23-22(25(16)36)27(38)20-15(29(23)41-4)6-5-13-9-14-11-31-33(8-7-32(2)3)30(40)19(14)26(37)18(13)20/h9-11,34-35,37-38H,5-8H2,1-4H3. The predicted octanol–water partition coefficient (Wildman–Crippen LogP) is 2.64. The van der Waals surface area contributed by atoms with Gasteiger partial charge in [-0.1, -0.05) is 0 Å². The molecule has 1 aromatic heterocycles. The molecule has 11 heteroatoms. The number of ketones is 2. The van der Waals surface area contributed by atoms with E-state index in [1.54, 1.807) is 6.07 Å². The molecule has 0 spiro atoms. The maximum absolute atomic E-state index is 13.8. The van der Waals surface area contributed by atoms with Crippen molar-refractivity contribution in [1.29, 1.82) is 0 Å². The van der Waals surface area contributed by atoms with Gasteiger partial charge < -0.3 is 30.1 Å². The number of aromatic nitrogens is 2. The van der Waals surface area contributed by atoms with Gasteiger partial charge >= 0.3 is 0 Å². The number of nitrogens with zero attached hydrogens (tertiary/aromatic N) is 3. The van der Waals surface area contributed by atoms with Gasteiger partial charge in [0.05, 0.1) is 41.9 Å². The minimum absolute atomic E-state index is 0.0134. The molecule has 0 saturated carbocycles. The number of ether oxygens (including phenoxy) is 1. The fourth-order valence-corrected chi connectivity index (χ4v) is 5.93. The van der Waals surface area contributed by atoms with E-state index in [9.17, 15) is 34.8 Å². The summed E-state index contributed by atoms with van der Waals surface area (Å²) in [7, 11) is 5.05. The molecule has 210 valence electrons. The molecular weight excluding hydrogens is 530 g/mol. The summed E-state index contributed by atoms with van der Waals surface area (Å²) in [5.74, 6) is -3.36. The molecule has 41 heavy (non-hydrogen) atoms. The van der Waals surface area contributed by atoms with Gasteiger partial charge in [0.2, 0.25) is 5.78 Å². The Balaban J connectivity index is 1.66. The Morgan fingerprint density at radius 1 is 0.902 bits per heavy atom. The molecule has 0 bridgehead atoms. The van der Waals surface area contributed by atoms with E-state index >= 15 is 0 Å². The van der Waals surface area contributed by atoms with Gasteiger partial charge in [0.15, 0.2) is 5.78 Å². The van der Waals surface area contributed by atoms with Crippen LogP contribution < -0.4 is 10.3 Å². The van der Waals surface area contributed by atoms with Crippen molar-refractivity contribution in [3.63, 3.8) is 0 Å². The van der Waals surface area contributed by atoms with Crippen LogP contribution in [0.25, 0.3) is 21.9 Å². The molecule has 3 aromatic carbocycles. The zero-order valence-corrected chi connectivity index (χ0v) is 22.8. The van der Waals surface area contributed by atoms with Gasteiger partial charge in [-0.25, -0.2) is 4.68 Å². The molecule has 0 amide bonds. The second kappa shape index (κ2) is 9.07. The van der Waals surface area contributed by atoms with E-state index in [1.807, 2.05) is 19.0 Å². The van der Waals surface area contributed by atoms with E-state index in [2.05, 4.69) is 5.10 Å². The Morgan fingerprint density at radius 2 is 1.63 bits per heavy atom. The molecule has 4 aromatic rings. The largest absolute Gasteiger partial charge is 0.508 e.